The van der Waals surface area contributed by atoms with E-state index in [-0.39, 0.29) is 0 Å². The highest BCUT2D eigenvalue weighted by atomic mass is 16.5. The molecule has 0 N–H and O–H groups in total. The summed E-state index contributed by atoms with van der Waals surface area (Å²) in [7, 11) is 1.67. The molecule has 0 saturated heterocycles. The molecule has 1 heterocycles. The standard InChI is InChI=1S/C17H24N2O2/c1-17(2,3)10-6-9-15-18-16(21-19-15)12-13-7-5-8-14(11-13)20-4/h5,7-8,11H,6,9-10,12H2,1-4H3. The Morgan fingerprint density at radius 3 is 2.76 bits per heavy atom. The van der Waals surface area contributed by atoms with E-state index < -0.39 is 0 Å². The molecular weight excluding hydrogens is 264 g/mol. The molecule has 0 aliphatic carbocycles. The summed E-state index contributed by atoms with van der Waals surface area (Å²) in [6, 6.07) is 7.92. The predicted molar refractivity (Wildman–Crippen MR) is 82.5 cm³/mol. The van der Waals surface area contributed by atoms with Crippen molar-refractivity contribution < 1.29 is 9.26 Å². The summed E-state index contributed by atoms with van der Waals surface area (Å²) < 4.78 is 10.5. The van der Waals surface area contributed by atoms with Crippen LogP contribution in [0.3, 0.4) is 0 Å². The van der Waals surface area contributed by atoms with Gasteiger partial charge in [-0.2, -0.15) is 4.98 Å². The molecule has 0 atom stereocenters. The molecule has 0 fully saturated rings. The minimum absolute atomic E-state index is 0.354. The molecule has 0 spiro atoms. The molecule has 4 heteroatoms. The first-order valence-corrected chi connectivity index (χ1v) is 7.41. The van der Waals surface area contributed by atoms with E-state index in [4.69, 9.17) is 9.26 Å². The van der Waals surface area contributed by atoms with Gasteiger partial charge in [-0.15, -0.1) is 0 Å². The summed E-state index contributed by atoms with van der Waals surface area (Å²) >= 11 is 0. The Bertz CT molecular complexity index is 570. The molecule has 1 aromatic heterocycles. The highest BCUT2D eigenvalue weighted by molar-refractivity contribution is 5.29. The minimum Gasteiger partial charge on any atom is -0.497 e. The summed E-state index contributed by atoms with van der Waals surface area (Å²) in [5.74, 6) is 2.31. The van der Waals surface area contributed by atoms with Gasteiger partial charge in [0.25, 0.3) is 0 Å². The summed E-state index contributed by atoms with van der Waals surface area (Å²) in [6.07, 6.45) is 3.76. The van der Waals surface area contributed by atoms with Gasteiger partial charge in [0, 0.05) is 6.42 Å². The van der Waals surface area contributed by atoms with Gasteiger partial charge >= 0.3 is 0 Å². The Hall–Kier alpha value is -1.84. The summed E-state index contributed by atoms with van der Waals surface area (Å²) in [6.45, 7) is 6.74. The van der Waals surface area contributed by atoms with E-state index in [1.54, 1.807) is 7.11 Å². The van der Waals surface area contributed by atoms with E-state index in [1.807, 2.05) is 24.3 Å². The Morgan fingerprint density at radius 2 is 2.05 bits per heavy atom. The topological polar surface area (TPSA) is 48.2 Å². The van der Waals surface area contributed by atoms with Crippen LogP contribution in [0.1, 0.15) is 50.9 Å². The van der Waals surface area contributed by atoms with Crippen molar-refractivity contribution in [2.45, 2.75) is 46.5 Å². The molecule has 0 amide bonds. The van der Waals surface area contributed by atoms with Crippen LogP contribution in [0.15, 0.2) is 28.8 Å². The van der Waals surface area contributed by atoms with Crippen molar-refractivity contribution in [2.75, 3.05) is 7.11 Å². The molecule has 0 bridgehead atoms. The lowest BCUT2D eigenvalue weighted by molar-refractivity contribution is 0.357. The van der Waals surface area contributed by atoms with E-state index in [2.05, 4.69) is 30.9 Å². The largest absolute Gasteiger partial charge is 0.497 e. The zero-order chi connectivity index (χ0) is 15.3. The van der Waals surface area contributed by atoms with Gasteiger partial charge in [-0.3, -0.25) is 0 Å². The maximum atomic E-state index is 5.32. The zero-order valence-electron chi connectivity index (χ0n) is 13.3. The van der Waals surface area contributed by atoms with E-state index in [0.29, 0.717) is 17.7 Å². The first-order valence-electron chi connectivity index (χ1n) is 7.41. The molecule has 4 nitrogen and oxygen atoms in total. The average molecular weight is 288 g/mol. The second kappa shape index (κ2) is 6.74. The number of rotatable bonds is 6. The van der Waals surface area contributed by atoms with E-state index in [1.165, 1.54) is 0 Å². The quantitative estimate of drug-likeness (QED) is 0.805. The average Bonchev–Trinajstić information content (AvgIpc) is 2.85. The highest BCUT2D eigenvalue weighted by Crippen LogP contribution is 2.21. The van der Waals surface area contributed by atoms with Crippen LogP contribution in [0, 0.1) is 5.41 Å². The predicted octanol–water partition coefficient (Wildman–Crippen LogP) is 4.04. The van der Waals surface area contributed by atoms with Crippen molar-refractivity contribution in [2.24, 2.45) is 5.41 Å². The Morgan fingerprint density at radius 1 is 1.24 bits per heavy atom. The third-order valence-electron chi connectivity index (χ3n) is 3.33. The lowest BCUT2D eigenvalue weighted by Crippen LogP contribution is -2.05. The SMILES string of the molecule is COc1cccc(Cc2nc(CCCC(C)(C)C)no2)c1. The molecule has 0 radical (unpaired) electrons. The van der Waals surface area contributed by atoms with Crippen molar-refractivity contribution in [3.05, 3.63) is 41.5 Å². The van der Waals surface area contributed by atoms with Gasteiger partial charge < -0.3 is 9.26 Å². The summed E-state index contributed by atoms with van der Waals surface area (Å²) in [5.41, 5.74) is 1.46. The van der Waals surface area contributed by atoms with Crippen LogP contribution in [0.5, 0.6) is 5.75 Å². The molecule has 114 valence electrons. The number of aromatic nitrogens is 2. The number of hydrogen-bond acceptors (Lipinski definition) is 4. The van der Waals surface area contributed by atoms with E-state index >= 15 is 0 Å². The van der Waals surface area contributed by atoms with Gasteiger partial charge in [0.15, 0.2) is 5.82 Å². The lowest BCUT2D eigenvalue weighted by atomic mass is 9.90. The van der Waals surface area contributed by atoms with Gasteiger partial charge in [-0.1, -0.05) is 38.1 Å². The fourth-order valence-electron chi connectivity index (χ4n) is 2.20. The van der Waals surface area contributed by atoms with Crippen molar-refractivity contribution in [3.8, 4) is 5.75 Å². The molecular formula is C17H24N2O2. The second-order valence-corrected chi connectivity index (χ2v) is 6.55. The molecule has 0 aliphatic heterocycles. The molecule has 1 aromatic carbocycles. The Balaban J connectivity index is 1.90. The first kappa shape index (κ1) is 15.5. The second-order valence-electron chi connectivity index (χ2n) is 6.55. The number of benzene rings is 1. The maximum absolute atomic E-state index is 5.32. The molecule has 2 aromatic rings. The first-order chi connectivity index (χ1) is 9.96. The Kier molecular flexibility index (Phi) is 4.99. The molecule has 2 rings (SSSR count). The Labute approximate surface area is 126 Å². The molecule has 0 aliphatic rings. The van der Waals surface area contributed by atoms with Crippen LogP contribution in [0.25, 0.3) is 0 Å². The van der Waals surface area contributed by atoms with Crippen molar-refractivity contribution >= 4 is 0 Å². The van der Waals surface area contributed by atoms with Gasteiger partial charge in [0.05, 0.1) is 13.5 Å². The minimum atomic E-state index is 0.354. The van der Waals surface area contributed by atoms with Crippen molar-refractivity contribution in [1.82, 2.24) is 10.1 Å². The van der Waals surface area contributed by atoms with Crippen LogP contribution in [0.4, 0.5) is 0 Å². The van der Waals surface area contributed by atoms with Crippen LogP contribution in [-0.4, -0.2) is 17.3 Å². The lowest BCUT2D eigenvalue weighted by Gasteiger charge is -2.16. The maximum Gasteiger partial charge on any atom is 0.231 e. The van der Waals surface area contributed by atoms with E-state index in [0.717, 1.165) is 36.4 Å². The number of ether oxygens (including phenoxy) is 1. The summed E-state index contributed by atoms with van der Waals surface area (Å²) in [5, 5.41) is 4.06. The fraction of sp³-hybridized carbons (Fsp3) is 0.529. The molecule has 0 saturated carbocycles. The number of nitrogens with zero attached hydrogens (tertiary/aromatic N) is 2. The van der Waals surface area contributed by atoms with Crippen molar-refractivity contribution in [3.63, 3.8) is 0 Å². The van der Waals surface area contributed by atoms with Gasteiger partial charge in [0.2, 0.25) is 5.89 Å². The van der Waals surface area contributed by atoms with Gasteiger partial charge in [0.1, 0.15) is 5.75 Å². The smallest absolute Gasteiger partial charge is 0.231 e. The van der Waals surface area contributed by atoms with Gasteiger partial charge in [-0.25, -0.2) is 0 Å². The third-order valence-corrected chi connectivity index (χ3v) is 3.33. The van der Waals surface area contributed by atoms with Crippen LogP contribution < -0.4 is 4.74 Å². The molecule has 21 heavy (non-hydrogen) atoms. The monoisotopic (exact) mass is 288 g/mol. The third kappa shape index (κ3) is 5.21. The summed E-state index contributed by atoms with van der Waals surface area (Å²) in [4.78, 5) is 4.46. The zero-order valence-corrected chi connectivity index (χ0v) is 13.3. The van der Waals surface area contributed by atoms with Gasteiger partial charge in [-0.05, 0) is 36.0 Å². The van der Waals surface area contributed by atoms with Crippen LogP contribution in [0.2, 0.25) is 0 Å². The number of aryl methyl sites for hydroxylation is 1. The van der Waals surface area contributed by atoms with E-state index in [9.17, 15) is 0 Å². The van der Waals surface area contributed by atoms with Crippen LogP contribution in [-0.2, 0) is 12.8 Å². The fourth-order valence-corrected chi connectivity index (χ4v) is 2.20. The van der Waals surface area contributed by atoms with Crippen molar-refractivity contribution in [1.29, 1.82) is 0 Å². The highest BCUT2D eigenvalue weighted by Gasteiger charge is 2.12. The number of methoxy groups -OCH3 is 1. The van der Waals surface area contributed by atoms with Crippen LogP contribution >= 0.6 is 0 Å². The molecule has 0 unspecified atom stereocenters. The number of hydrogen-bond donors (Lipinski definition) is 0. The normalized spacial score (nSPS) is 11.6.